The van der Waals surface area contributed by atoms with Crippen LogP contribution in [0.1, 0.15) is 18.0 Å². The number of benzene rings is 1. The molecule has 0 saturated heterocycles. The average molecular weight is 212 g/mol. The predicted molar refractivity (Wildman–Crippen MR) is 56.7 cm³/mol. The van der Waals surface area contributed by atoms with Gasteiger partial charge in [-0.25, -0.2) is 4.39 Å². The summed E-state index contributed by atoms with van der Waals surface area (Å²) in [6, 6.07) is 4.44. The first-order chi connectivity index (χ1) is 6.69. The zero-order valence-electron chi connectivity index (χ0n) is 7.85. The van der Waals surface area contributed by atoms with Crippen molar-refractivity contribution in [3.63, 3.8) is 0 Å². The van der Waals surface area contributed by atoms with E-state index in [1.807, 2.05) is 0 Å². The number of halogens is 2. The van der Waals surface area contributed by atoms with Crippen molar-refractivity contribution in [2.75, 3.05) is 7.05 Å². The standard InChI is InChI=1S/C11H11ClFN/c1-3-4-11(14-2)9-6-5-8(12)7-10(9)13/h1,5-7,11,14H,4H2,2H3. The molecule has 0 spiro atoms. The van der Waals surface area contributed by atoms with Gasteiger partial charge in [0, 0.05) is 23.0 Å². The molecule has 0 bridgehead atoms. The highest BCUT2D eigenvalue weighted by Gasteiger charge is 2.12. The van der Waals surface area contributed by atoms with Gasteiger partial charge in [0.05, 0.1) is 0 Å². The molecule has 1 aromatic carbocycles. The number of terminal acetylenes is 1. The maximum Gasteiger partial charge on any atom is 0.129 e. The van der Waals surface area contributed by atoms with Gasteiger partial charge >= 0.3 is 0 Å². The monoisotopic (exact) mass is 211 g/mol. The topological polar surface area (TPSA) is 12.0 Å². The summed E-state index contributed by atoms with van der Waals surface area (Å²) in [6.07, 6.45) is 5.64. The lowest BCUT2D eigenvalue weighted by molar-refractivity contribution is 0.544. The molecule has 0 aliphatic rings. The fourth-order valence-electron chi connectivity index (χ4n) is 1.27. The zero-order chi connectivity index (χ0) is 10.6. The van der Waals surface area contributed by atoms with Gasteiger partial charge in [0.25, 0.3) is 0 Å². The van der Waals surface area contributed by atoms with Crippen molar-refractivity contribution in [2.24, 2.45) is 0 Å². The number of rotatable bonds is 3. The molecule has 1 N–H and O–H groups in total. The van der Waals surface area contributed by atoms with Crippen molar-refractivity contribution < 1.29 is 4.39 Å². The minimum Gasteiger partial charge on any atom is -0.312 e. The molecule has 0 saturated carbocycles. The quantitative estimate of drug-likeness (QED) is 0.759. The number of hydrogen-bond acceptors (Lipinski definition) is 1. The molecule has 1 rings (SSSR count). The van der Waals surface area contributed by atoms with Crippen LogP contribution in [0.4, 0.5) is 4.39 Å². The first-order valence-electron chi connectivity index (χ1n) is 4.24. The van der Waals surface area contributed by atoms with E-state index in [1.165, 1.54) is 6.07 Å². The van der Waals surface area contributed by atoms with E-state index in [2.05, 4.69) is 11.2 Å². The van der Waals surface area contributed by atoms with E-state index >= 15 is 0 Å². The van der Waals surface area contributed by atoms with Gasteiger partial charge in [0.15, 0.2) is 0 Å². The van der Waals surface area contributed by atoms with E-state index in [9.17, 15) is 4.39 Å². The predicted octanol–water partition coefficient (Wildman–Crippen LogP) is 2.76. The molecule has 1 atom stereocenters. The Labute approximate surface area is 88.3 Å². The third-order valence-electron chi connectivity index (χ3n) is 2.01. The number of nitrogens with one attached hydrogen (secondary N) is 1. The smallest absolute Gasteiger partial charge is 0.129 e. The van der Waals surface area contributed by atoms with E-state index in [1.54, 1.807) is 19.2 Å². The normalized spacial score (nSPS) is 12.1. The van der Waals surface area contributed by atoms with Crippen LogP contribution in [0.15, 0.2) is 18.2 Å². The van der Waals surface area contributed by atoms with Crippen LogP contribution in [0.2, 0.25) is 5.02 Å². The molecule has 0 amide bonds. The van der Waals surface area contributed by atoms with Gasteiger partial charge in [-0.05, 0) is 19.2 Å². The largest absolute Gasteiger partial charge is 0.312 e. The van der Waals surface area contributed by atoms with E-state index in [0.29, 0.717) is 17.0 Å². The molecular weight excluding hydrogens is 201 g/mol. The molecule has 14 heavy (non-hydrogen) atoms. The van der Waals surface area contributed by atoms with Crippen LogP contribution in [0.5, 0.6) is 0 Å². The van der Waals surface area contributed by atoms with Crippen molar-refractivity contribution in [2.45, 2.75) is 12.5 Å². The summed E-state index contributed by atoms with van der Waals surface area (Å²) >= 11 is 5.64. The molecule has 1 nitrogen and oxygen atoms in total. The Morgan fingerprint density at radius 1 is 1.64 bits per heavy atom. The highest BCUT2D eigenvalue weighted by molar-refractivity contribution is 6.30. The van der Waals surface area contributed by atoms with Crippen LogP contribution in [0.3, 0.4) is 0 Å². The molecule has 1 aromatic rings. The summed E-state index contributed by atoms with van der Waals surface area (Å²) in [7, 11) is 1.75. The molecule has 0 heterocycles. The Morgan fingerprint density at radius 2 is 2.36 bits per heavy atom. The minimum atomic E-state index is -0.327. The molecule has 74 valence electrons. The lowest BCUT2D eigenvalue weighted by atomic mass is 10.0. The highest BCUT2D eigenvalue weighted by Crippen LogP contribution is 2.22. The molecule has 0 aliphatic carbocycles. The third-order valence-corrected chi connectivity index (χ3v) is 2.24. The summed E-state index contributed by atoms with van der Waals surface area (Å²) in [5.74, 6) is 2.17. The van der Waals surface area contributed by atoms with Crippen molar-refractivity contribution in [3.05, 3.63) is 34.6 Å². The van der Waals surface area contributed by atoms with Crippen LogP contribution in [0, 0.1) is 18.2 Å². The van der Waals surface area contributed by atoms with E-state index < -0.39 is 0 Å². The lowest BCUT2D eigenvalue weighted by Crippen LogP contribution is -2.16. The molecule has 0 aromatic heterocycles. The Balaban J connectivity index is 2.99. The Bertz CT molecular complexity index is 357. The summed E-state index contributed by atoms with van der Waals surface area (Å²) in [4.78, 5) is 0. The molecule has 0 radical (unpaired) electrons. The maximum atomic E-state index is 13.4. The Hall–Kier alpha value is -1.04. The second-order valence-electron chi connectivity index (χ2n) is 2.92. The van der Waals surface area contributed by atoms with Gasteiger partial charge in [0.1, 0.15) is 5.82 Å². The van der Waals surface area contributed by atoms with Gasteiger partial charge in [-0.3, -0.25) is 0 Å². The fourth-order valence-corrected chi connectivity index (χ4v) is 1.43. The second-order valence-corrected chi connectivity index (χ2v) is 3.35. The molecular formula is C11H11ClFN. The maximum absolute atomic E-state index is 13.4. The first-order valence-corrected chi connectivity index (χ1v) is 4.62. The van der Waals surface area contributed by atoms with Gasteiger partial charge in [-0.15, -0.1) is 12.3 Å². The number of hydrogen-bond donors (Lipinski definition) is 1. The third kappa shape index (κ3) is 2.47. The van der Waals surface area contributed by atoms with Crippen molar-refractivity contribution in [3.8, 4) is 12.3 Å². The average Bonchev–Trinajstić information content (AvgIpc) is 2.15. The molecule has 1 unspecified atom stereocenters. The first kappa shape index (κ1) is 11.0. The van der Waals surface area contributed by atoms with Crippen molar-refractivity contribution in [1.29, 1.82) is 0 Å². The Kier molecular flexibility index (Phi) is 3.94. The zero-order valence-corrected chi connectivity index (χ0v) is 8.61. The van der Waals surface area contributed by atoms with Gasteiger partial charge < -0.3 is 5.32 Å². The van der Waals surface area contributed by atoms with E-state index in [-0.39, 0.29) is 11.9 Å². The Morgan fingerprint density at radius 3 is 2.86 bits per heavy atom. The van der Waals surface area contributed by atoms with Crippen LogP contribution < -0.4 is 5.32 Å². The SMILES string of the molecule is C#CCC(NC)c1ccc(Cl)cc1F. The highest BCUT2D eigenvalue weighted by atomic mass is 35.5. The molecule has 0 fully saturated rings. The van der Waals surface area contributed by atoms with Crippen LogP contribution in [-0.2, 0) is 0 Å². The van der Waals surface area contributed by atoms with E-state index in [0.717, 1.165) is 0 Å². The van der Waals surface area contributed by atoms with Crippen molar-refractivity contribution in [1.82, 2.24) is 5.32 Å². The van der Waals surface area contributed by atoms with Crippen molar-refractivity contribution >= 4 is 11.6 Å². The summed E-state index contributed by atoms with van der Waals surface area (Å²) in [5, 5.41) is 3.34. The van der Waals surface area contributed by atoms with Gasteiger partial charge in [-0.2, -0.15) is 0 Å². The molecule has 3 heteroatoms. The van der Waals surface area contributed by atoms with Crippen LogP contribution in [-0.4, -0.2) is 7.05 Å². The lowest BCUT2D eigenvalue weighted by Gasteiger charge is -2.14. The second kappa shape index (κ2) is 4.99. The summed E-state index contributed by atoms with van der Waals surface area (Å²) in [5.41, 5.74) is 0.551. The van der Waals surface area contributed by atoms with Crippen LogP contribution in [0.25, 0.3) is 0 Å². The van der Waals surface area contributed by atoms with Gasteiger partial charge in [-0.1, -0.05) is 17.7 Å². The fraction of sp³-hybridized carbons (Fsp3) is 0.273. The van der Waals surface area contributed by atoms with E-state index in [4.69, 9.17) is 18.0 Å². The summed E-state index contributed by atoms with van der Waals surface area (Å²) in [6.45, 7) is 0. The molecule has 0 aliphatic heterocycles. The summed E-state index contributed by atoms with van der Waals surface area (Å²) < 4.78 is 13.4. The van der Waals surface area contributed by atoms with Crippen LogP contribution >= 0.6 is 11.6 Å². The minimum absolute atomic E-state index is 0.155. The van der Waals surface area contributed by atoms with Gasteiger partial charge in [0.2, 0.25) is 0 Å².